The maximum atomic E-state index is 4.97. The normalized spacial score (nSPS) is 6.05. The fourth-order valence-electron chi connectivity index (χ4n) is 3.11. The van der Waals surface area contributed by atoms with Crippen LogP contribution in [0.1, 0.15) is 336 Å². The first kappa shape index (κ1) is 241. The van der Waals surface area contributed by atoms with E-state index in [-0.39, 0.29) is 425 Å². The monoisotopic (exact) mass is 2510 g/mol. The van der Waals surface area contributed by atoms with Crippen molar-refractivity contribution in [3.8, 4) is 0 Å². The molecule has 2 nitrogen and oxygen atoms in total. The van der Waals surface area contributed by atoms with Crippen LogP contribution in [0.5, 0.6) is 0 Å². The van der Waals surface area contributed by atoms with Gasteiger partial charge in [0.05, 0.1) is 0 Å². The van der Waals surface area contributed by atoms with Crippen LogP contribution in [0.15, 0.2) is 88.9 Å². The van der Waals surface area contributed by atoms with E-state index in [9.17, 15) is 0 Å². The van der Waals surface area contributed by atoms with Crippen LogP contribution in [-0.4, -0.2) is 26.5 Å². The van der Waals surface area contributed by atoms with Crippen LogP contribution >= 0.6 is 0 Å². The third-order valence-electron chi connectivity index (χ3n) is 7.11. The molecule has 3 aromatic carbocycles. The second-order valence-electron chi connectivity index (χ2n) is 13.7. The molecule has 13 radical (unpaired) electrons. The average Bonchev–Trinajstić information content (AvgIpc) is 0.940. The molecule has 110 heavy (non-hydrogen) atoms. The molecule has 0 bridgehead atoms. The molecule has 0 saturated heterocycles. The van der Waals surface area contributed by atoms with Crippen LogP contribution in [0.2, 0.25) is 0 Å². The van der Waals surface area contributed by atoms with Gasteiger partial charge >= 0.3 is 0 Å². The summed E-state index contributed by atoms with van der Waals surface area (Å²) in [5, 5.41) is 0. The van der Waals surface area contributed by atoms with Gasteiger partial charge in [-0.05, 0) is 6.54 Å². The average molecular weight is 2510 g/mol. The molecule has 0 heterocycles. The summed E-state index contributed by atoms with van der Waals surface area (Å²) < 4.78 is 0. The van der Waals surface area contributed by atoms with Crippen LogP contribution in [-0.2, 0) is 444 Å². The van der Waals surface area contributed by atoms with E-state index in [0.717, 1.165) is 133 Å². The molecule has 0 aliphatic heterocycles. The first-order valence-corrected chi connectivity index (χ1v) is 38.1. The van der Waals surface area contributed by atoms with E-state index in [1.807, 2.05) is 241 Å². The molecule has 3 aromatic rings. The predicted molar refractivity (Wildman–Crippen MR) is 481 cm³/mol. The van der Waals surface area contributed by atoms with Crippen molar-refractivity contribution in [3.05, 3.63) is 272 Å². The molecule has 0 N–H and O–H groups in total. The maximum Gasteiger partial charge on any atom is 0 e. The van der Waals surface area contributed by atoms with Crippen molar-refractivity contribution in [2.75, 3.05) is 13.1 Å². The fourth-order valence-corrected chi connectivity index (χ4v) is 3.11. The van der Waals surface area contributed by atoms with Gasteiger partial charge in [0.1, 0.15) is 0 Å². The van der Waals surface area contributed by atoms with Gasteiger partial charge in [-0.3, -0.25) is 6.08 Å². The number of hydrogen-bond acceptors (Lipinski definition) is 2. The van der Waals surface area contributed by atoms with Crippen molar-refractivity contribution in [2.45, 2.75) is 328 Å². The van der Waals surface area contributed by atoms with Crippen LogP contribution in [0.4, 0.5) is 0 Å². The second-order valence-corrected chi connectivity index (χ2v) is 13.7. The summed E-state index contributed by atoms with van der Waals surface area (Å²) in [7, 11) is 0. The van der Waals surface area contributed by atoms with Crippen LogP contribution < -0.4 is 0 Å². The van der Waals surface area contributed by atoms with Gasteiger partial charge in [0.15, 0.2) is 0 Å². The summed E-state index contributed by atoms with van der Waals surface area (Å²) in [4.78, 5) is 6.42. The van der Waals surface area contributed by atoms with Gasteiger partial charge < -0.3 is 175 Å². The first-order chi connectivity index (χ1) is 47.3. The van der Waals surface area contributed by atoms with E-state index < -0.39 is 0 Å². The number of aliphatic imine (C=N–C) groups is 2. The van der Waals surface area contributed by atoms with Crippen molar-refractivity contribution in [1.29, 1.82) is 0 Å². The zero-order chi connectivity index (χ0) is 82.9. The van der Waals surface area contributed by atoms with Gasteiger partial charge in [0.25, 0.3) is 0 Å². The molecule has 0 aromatic heterocycles. The molecule has 0 amide bonds. The van der Waals surface area contributed by atoms with Gasteiger partial charge in [-0.2, -0.15) is 142 Å². The smallest absolute Gasteiger partial charge is 0 e. The van der Waals surface area contributed by atoms with E-state index >= 15 is 0 Å². The Labute approximate surface area is 1040 Å². The molecule has 0 spiro atoms. The van der Waals surface area contributed by atoms with Crippen LogP contribution in [0.3, 0.4) is 0 Å². The quantitative estimate of drug-likeness (QED) is 0.0689. The van der Waals surface area contributed by atoms with Gasteiger partial charge in [0.2, 0.25) is 0 Å². The van der Waals surface area contributed by atoms with Gasteiger partial charge in [-0.1, -0.05) is 211 Å². The van der Waals surface area contributed by atoms with Crippen LogP contribution in [0, 0.1) is 165 Å². The molecule has 0 aliphatic rings. The molecule has 15 heteroatoms. The van der Waals surface area contributed by atoms with Crippen molar-refractivity contribution >= 4 is 13.4 Å². The summed E-state index contributed by atoms with van der Waals surface area (Å²) in [5.41, 5.74) is 5.82. The van der Waals surface area contributed by atoms with E-state index in [1.54, 1.807) is 6.08 Å². The second kappa shape index (κ2) is 379. The Morgan fingerprint density at radius 3 is 0.564 bits per heavy atom. The number of unbranched alkanes of at least 4 members (excludes halogenated alkanes) is 11. The number of rotatable bonds is 18. The standard InChI is InChI=1S/2C9H10.C8H8.C6H12.2C5H10.C5H8.C4H7N.3C4H8.C3H5N.C3H6.13C2H6.13Y/c2*1-3-9-7-5-4-6-8(9)2;1-2-8-6-4-3-5-7-8;1-3-5-6-4-2;3*1-3-5-4-2;1-3-4-5-2;4*1-3-4-2;1-3-2;13*1-2;;;;;;;;;;;;;/h2*4-7H,1-3H2;3-6H,1-2H2;1-6H2;2*1-5H2;1,3H,2,4-5H2;2H,1,3-4H2;3*1-4H2;2H,1,3H2;1-3H2;13*1-2H3;;;;;;;;;;;;;/q13*-2;;;;;;;;;;;;;;;;;;;;;;;;;;. The first-order valence-electron chi connectivity index (χ1n) is 38.1. The fraction of sp³-hybridized carbons (Fsp3) is 0.537. The van der Waals surface area contributed by atoms with Gasteiger partial charge in [0, 0.05) is 425 Å². The number of nitrogens with zero attached hydrogens (tertiary/aromatic N) is 2. The molecule has 0 saturated carbocycles. The molecule has 643 valence electrons. The minimum absolute atomic E-state index is 0. The molecule has 3 rings (SSSR count). The largest absolute Gasteiger partial charge is 0.536 e. The van der Waals surface area contributed by atoms with Gasteiger partial charge in [-0.25, -0.2) is 51.4 Å². The summed E-state index contributed by atoms with van der Waals surface area (Å²) in [6.07, 6.45) is 24.3. The molecule has 0 unspecified atom stereocenters. The van der Waals surface area contributed by atoms with E-state index in [0.29, 0.717) is 13.1 Å². The molecule has 0 fully saturated rings. The van der Waals surface area contributed by atoms with E-state index in [1.165, 1.54) is 42.4 Å². The Hall–Kier alpha value is 10.8. The predicted octanol–water partition coefficient (Wildman–Crippen LogP) is 33.7. The summed E-state index contributed by atoms with van der Waals surface area (Å²) in [6.45, 7) is 147. The van der Waals surface area contributed by atoms with Crippen molar-refractivity contribution in [3.63, 3.8) is 0 Å². The number of hydrogen-bond donors (Lipinski definition) is 0. The molecular weight excluding hydrogens is 2320 g/mol. The number of benzene rings is 3. The van der Waals surface area contributed by atoms with Gasteiger partial charge in [-0.15, -0.1) is 43.7 Å². The molecule has 0 atom stereocenters. The minimum Gasteiger partial charge on any atom is -0.536 e. The zero-order valence-corrected chi connectivity index (χ0v) is 117. The topological polar surface area (TPSA) is 24.7 Å². The maximum absolute atomic E-state index is 4.97. The minimum atomic E-state index is 0. The Morgan fingerprint density at radius 2 is 0.491 bits per heavy atom. The van der Waals surface area contributed by atoms with Crippen LogP contribution in [0.25, 0.3) is 0 Å². The van der Waals surface area contributed by atoms with E-state index in [2.05, 4.69) is 187 Å². The van der Waals surface area contributed by atoms with Crippen molar-refractivity contribution in [1.82, 2.24) is 0 Å². The number of allylic oxidation sites excluding steroid dienone is 1. The zero-order valence-electron chi connectivity index (χ0n) is 79.9. The Balaban J connectivity index is -0.0000000154. The Morgan fingerprint density at radius 1 is 0.282 bits per heavy atom. The molecular formula is C95H188N2Y13-26. The summed E-state index contributed by atoms with van der Waals surface area (Å²) in [5.74, 6) is 0. The third kappa shape index (κ3) is 432. The summed E-state index contributed by atoms with van der Waals surface area (Å²) >= 11 is 0. The summed E-state index contributed by atoms with van der Waals surface area (Å²) in [6, 6.07) is 27.0. The van der Waals surface area contributed by atoms with E-state index in [4.69, 9.17) is 13.3 Å². The Kier molecular flexibility index (Phi) is 830. The molecule has 0 aliphatic carbocycles. The Bertz CT molecular complexity index is 1190. The van der Waals surface area contributed by atoms with Crippen molar-refractivity contribution < 1.29 is 425 Å². The SMILES string of the molecule is CC.CC.CC.CC.CC.CC.CC.CC.CC.CC.CC.CC.CC.[CH-]=CCC[CH2-].[CH-]=NCC[CH2-].[CH-]=NC[CH2-].[CH2-]CCCC[CH2-].[CH2-]CCC[CH2-].[CH2-]CCC[CH2-].[CH2-]CC[CH2-].[CH2-]CC[CH2-].[CH2-]CC[CH2-].[CH2-]C[CH2-].[CH2-]Cc1[c-]cccc1.[CH2-]Cc1ccccc1[CH2-].[CH2-]Cc1ccccc1[CH2-].[Y].[Y].[Y].[Y].[Y].[Y].[Y].[Y].[Y].[Y].[Y].[Y].[Y]. The third-order valence-corrected chi connectivity index (χ3v) is 7.11. The van der Waals surface area contributed by atoms with Crippen molar-refractivity contribution in [2.24, 2.45) is 9.98 Å².